The minimum absolute atomic E-state index is 0.0390. The van der Waals surface area contributed by atoms with Crippen LogP contribution in [0.3, 0.4) is 0 Å². The van der Waals surface area contributed by atoms with Crippen LogP contribution in [0.5, 0.6) is 0 Å². The van der Waals surface area contributed by atoms with E-state index in [1.807, 2.05) is 13.0 Å². The Hall–Kier alpha value is -1.22. The third-order valence-corrected chi connectivity index (χ3v) is 2.99. The molecule has 3 nitrogen and oxygen atoms in total. The fourth-order valence-electron chi connectivity index (χ4n) is 1.77. The van der Waals surface area contributed by atoms with Gasteiger partial charge in [-0.2, -0.15) is 0 Å². The van der Waals surface area contributed by atoms with Crippen LogP contribution in [0.15, 0.2) is 18.5 Å². The Morgan fingerprint density at radius 2 is 2.40 bits per heavy atom. The van der Waals surface area contributed by atoms with Crippen LogP contribution >= 0.6 is 0 Å². The lowest BCUT2D eigenvalue weighted by Gasteiger charge is -2.09. The number of pyridine rings is 1. The summed E-state index contributed by atoms with van der Waals surface area (Å²) < 4.78 is 0. The average Bonchev–Trinajstić information content (AvgIpc) is 3.01. The van der Waals surface area contributed by atoms with Gasteiger partial charge in [-0.1, -0.05) is 0 Å². The fourth-order valence-corrected chi connectivity index (χ4v) is 1.77. The van der Waals surface area contributed by atoms with Crippen LogP contribution in [0.4, 0.5) is 0 Å². The van der Waals surface area contributed by atoms with E-state index in [9.17, 15) is 4.79 Å². The Labute approximate surface area is 89.7 Å². The number of hydrogen-bond acceptors (Lipinski definition) is 3. The Kier molecular flexibility index (Phi) is 2.82. The van der Waals surface area contributed by atoms with E-state index in [-0.39, 0.29) is 11.8 Å². The first-order valence-corrected chi connectivity index (χ1v) is 5.38. The van der Waals surface area contributed by atoms with Gasteiger partial charge in [-0.3, -0.25) is 9.78 Å². The number of aryl methyl sites for hydroxylation is 1. The third kappa shape index (κ3) is 2.42. The molecule has 1 atom stereocenters. The van der Waals surface area contributed by atoms with Crippen LogP contribution in [0, 0.1) is 12.8 Å². The zero-order chi connectivity index (χ0) is 10.8. The molecular formula is C12H16N2O. The summed E-state index contributed by atoms with van der Waals surface area (Å²) in [6, 6.07) is 1.90. The second-order valence-corrected chi connectivity index (χ2v) is 4.32. The molecule has 0 radical (unpaired) electrons. The van der Waals surface area contributed by atoms with Crippen molar-refractivity contribution in [2.45, 2.75) is 32.2 Å². The number of nitrogens with two attached hydrogens (primary N) is 1. The van der Waals surface area contributed by atoms with Crippen LogP contribution in [-0.2, 0) is 0 Å². The highest BCUT2D eigenvalue weighted by Crippen LogP contribution is 2.33. The summed E-state index contributed by atoms with van der Waals surface area (Å²) in [5.74, 6) is 0.700. The molecule has 1 aromatic rings. The van der Waals surface area contributed by atoms with Crippen LogP contribution < -0.4 is 5.73 Å². The lowest BCUT2D eigenvalue weighted by Crippen LogP contribution is -2.26. The number of rotatable bonds is 4. The molecule has 0 aliphatic heterocycles. The van der Waals surface area contributed by atoms with E-state index in [1.54, 1.807) is 12.4 Å². The number of carbonyl (C=O) groups is 1. The molecule has 80 valence electrons. The van der Waals surface area contributed by atoms with Crippen molar-refractivity contribution in [2.24, 2.45) is 11.7 Å². The van der Waals surface area contributed by atoms with Crippen molar-refractivity contribution in [1.29, 1.82) is 0 Å². The van der Waals surface area contributed by atoms with E-state index in [1.165, 1.54) is 12.8 Å². The molecule has 2 N–H and O–H groups in total. The molecule has 0 spiro atoms. The fraction of sp³-hybridized carbons (Fsp3) is 0.500. The molecule has 0 amide bonds. The molecule has 1 aliphatic rings. The summed E-state index contributed by atoms with van der Waals surface area (Å²) in [6.45, 7) is 1.93. The van der Waals surface area contributed by atoms with Crippen molar-refractivity contribution < 1.29 is 4.79 Å². The van der Waals surface area contributed by atoms with Crippen LogP contribution in [0.2, 0.25) is 0 Å². The monoisotopic (exact) mass is 204 g/mol. The standard InChI is InChI=1S/C12H16N2O/c1-8-4-5-14-7-10(8)12(15)6-11(13)9-2-3-9/h4-5,7,9,11H,2-3,6,13H2,1H3. The van der Waals surface area contributed by atoms with E-state index in [2.05, 4.69) is 4.98 Å². The molecule has 1 unspecified atom stereocenters. The van der Waals surface area contributed by atoms with Gasteiger partial charge in [-0.25, -0.2) is 0 Å². The van der Waals surface area contributed by atoms with Crippen molar-refractivity contribution in [3.63, 3.8) is 0 Å². The molecule has 0 bridgehead atoms. The number of hydrogen-bond donors (Lipinski definition) is 1. The normalized spacial score (nSPS) is 17.5. The first-order chi connectivity index (χ1) is 7.18. The number of aromatic nitrogens is 1. The first kappa shape index (κ1) is 10.3. The molecule has 1 saturated carbocycles. The van der Waals surface area contributed by atoms with Gasteiger partial charge < -0.3 is 5.73 Å². The lowest BCUT2D eigenvalue weighted by atomic mass is 10.00. The van der Waals surface area contributed by atoms with Gasteiger partial charge in [0, 0.05) is 30.4 Å². The molecule has 1 heterocycles. The zero-order valence-electron chi connectivity index (χ0n) is 8.94. The summed E-state index contributed by atoms with van der Waals surface area (Å²) in [5.41, 5.74) is 7.63. The first-order valence-electron chi connectivity index (χ1n) is 5.38. The highest BCUT2D eigenvalue weighted by molar-refractivity contribution is 5.97. The second-order valence-electron chi connectivity index (χ2n) is 4.32. The SMILES string of the molecule is Cc1ccncc1C(=O)CC(N)C1CC1. The molecule has 0 saturated heterocycles. The van der Waals surface area contributed by atoms with E-state index in [0.717, 1.165) is 5.56 Å². The van der Waals surface area contributed by atoms with Crippen molar-refractivity contribution in [3.8, 4) is 0 Å². The highest BCUT2D eigenvalue weighted by Gasteiger charge is 2.30. The average molecular weight is 204 g/mol. The maximum absolute atomic E-state index is 11.9. The maximum Gasteiger partial charge on any atom is 0.166 e. The Balaban J connectivity index is 2.04. The van der Waals surface area contributed by atoms with Crippen molar-refractivity contribution in [2.75, 3.05) is 0 Å². The number of nitrogens with zero attached hydrogens (tertiary/aromatic N) is 1. The number of Topliss-reactive ketones (excluding diaryl/α,β-unsaturated/α-hetero) is 1. The van der Waals surface area contributed by atoms with Crippen molar-refractivity contribution in [3.05, 3.63) is 29.6 Å². The molecule has 2 rings (SSSR count). The topological polar surface area (TPSA) is 56.0 Å². The van der Waals surface area contributed by atoms with Crippen LogP contribution in [-0.4, -0.2) is 16.8 Å². The molecule has 1 fully saturated rings. The summed E-state index contributed by atoms with van der Waals surface area (Å²) in [7, 11) is 0. The lowest BCUT2D eigenvalue weighted by molar-refractivity contribution is 0.0970. The molecule has 3 heteroatoms. The summed E-state index contributed by atoms with van der Waals surface area (Å²) in [5, 5.41) is 0. The van der Waals surface area contributed by atoms with E-state index in [0.29, 0.717) is 17.9 Å². The minimum Gasteiger partial charge on any atom is -0.327 e. The Bertz CT molecular complexity index is 372. The third-order valence-electron chi connectivity index (χ3n) is 2.99. The van der Waals surface area contributed by atoms with Crippen molar-refractivity contribution in [1.82, 2.24) is 4.98 Å². The van der Waals surface area contributed by atoms with Gasteiger partial charge in [0.2, 0.25) is 0 Å². The predicted octanol–water partition coefficient (Wildman–Crippen LogP) is 1.70. The second kappa shape index (κ2) is 4.11. The summed E-state index contributed by atoms with van der Waals surface area (Å²) in [4.78, 5) is 15.9. The smallest absolute Gasteiger partial charge is 0.166 e. The molecule has 1 aliphatic carbocycles. The van der Waals surface area contributed by atoms with Gasteiger partial charge >= 0.3 is 0 Å². The zero-order valence-corrected chi connectivity index (χ0v) is 8.94. The van der Waals surface area contributed by atoms with E-state index in [4.69, 9.17) is 5.73 Å². The summed E-state index contributed by atoms with van der Waals surface area (Å²) in [6.07, 6.45) is 6.16. The minimum atomic E-state index is 0.0390. The summed E-state index contributed by atoms with van der Waals surface area (Å²) >= 11 is 0. The van der Waals surface area contributed by atoms with Gasteiger partial charge in [0.1, 0.15) is 0 Å². The molecule has 0 aromatic carbocycles. The quantitative estimate of drug-likeness (QED) is 0.759. The van der Waals surface area contributed by atoms with Crippen molar-refractivity contribution >= 4 is 5.78 Å². The van der Waals surface area contributed by atoms with Gasteiger partial charge in [-0.15, -0.1) is 0 Å². The Morgan fingerprint density at radius 1 is 1.67 bits per heavy atom. The highest BCUT2D eigenvalue weighted by atomic mass is 16.1. The van der Waals surface area contributed by atoms with Gasteiger partial charge in [0.25, 0.3) is 0 Å². The van der Waals surface area contributed by atoms with Crippen LogP contribution in [0.25, 0.3) is 0 Å². The van der Waals surface area contributed by atoms with E-state index >= 15 is 0 Å². The van der Waals surface area contributed by atoms with Gasteiger partial charge in [0.15, 0.2) is 5.78 Å². The van der Waals surface area contributed by atoms with Gasteiger partial charge in [0.05, 0.1) is 0 Å². The number of ketones is 1. The molecule has 1 aromatic heterocycles. The largest absolute Gasteiger partial charge is 0.327 e. The molecule has 15 heavy (non-hydrogen) atoms. The maximum atomic E-state index is 11.9. The Morgan fingerprint density at radius 3 is 3.00 bits per heavy atom. The predicted molar refractivity (Wildman–Crippen MR) is 58.6 cm³/mol. The number of carbonyl (C=O) groups excluding carboxylic acids is 1. The van der Waals surface area contributed by atoms with Crippen LogP contribution in [0.1, 0.15) is 35.2 Å². The van der Waals surface area contributed by atoms with Gasteiger partial charge in [-0.05, 0) is 37.3 Å². The van der Waals surface area contributed by atoms with E-state index < -0.39 is 0 Å². The molecular weight excluding hydrogens is 188 g/mol.